The van der Waals surface area contributed by atoms with Crippen molar-refractivity contribution in [3.8, 4) is 11.4 Å². The molecule has 0 aliphatic carbocycles. The van der Waals surface area contributed by atoms with Gasteiger partial charge in [0.15, 0.2) is 0 Å². The predicted molar refractivity (Wildman–Crippen MR) is 105 cm³/mol. The van der Waals surface area contributed by atoms with E-state index in [2.05, 4.69) is 10.4 Å². The number of carbonyl (C=O) groups is 1. The molecule has 0 saturated heterocycles. The normalized spacial score (nSPS) is 11.1. The van der Waals surface area contributed by atoms with Crippen LogP contribution in [0.2, 0.25) is 0 Å². The lowest BCUT2D eigenvalue weighted by molar-refractivity contribution is -0.384. The molecule has 0 aliphatic rings. The van der Waals surface area contributed by atoms with Gasteiger partial charge in [-0.05, 0) is 24.3 Å². The SMILES string of the molecule is CC(C)(C)c1cc(NC(=O)Oc2ccc([N+](=O)[O-])cc2)n(-c2ccccc2)n1. The standard InChI is InChI=1S/C20H20N4O4/c1-20(2,3)17-13-18(23(22-17)14-7-5-4-6-8-14)21-19(25)28-16-11-9-15(10-12-16)24(26)27/h4-13H,1-3H3,(H,21,25). The summed E-state index contributed by atoms with van der Waals surface area (Å²) in [6.45, 7) is 6.09. The number of non-ortho nitro benzene ring substituents is 1. The van der Waals surface area contributed by atoms with Crippen LogP contribution in [0.3, 0.4) is 0 Å². The van der Waals surface area contributed by atoms with Crippen molar-refractivity contribution in [2.45, 2.75) is 26.2 Å². The van der Waals surface area contributed by atoms with E-state index >= 15 is 0 Å². The molecular formula is C20H20N4O4. The highest BCUT2D eigenvalue weighted by Gasteiger charge is 2.22. The summed E-state index contributed by atoms with van der Waals surface area (Å²) >= 11 is 0. The van der Waals surface area contributed by atoms with Gasteiger partial charge in [-0.1, -0.05) is 39.0 Å². The van der Waals surface area contributed by atoms with E-state index in [0.29, 0.717) is 5.82 Å². The van der Waals surface area contributed by atoms with Crippen molar-refractivity contribution in [2.75, 3.05) is 5.32 Å². The zero-order chi connectivity index (χ0) is 20.3. The summed E-state index contributed by atoms with van der Waals surface area (Å²) in [5.74, 6) is 0.660. The van der Waals surface area contributed by atoms with E-state index in [-0.39, 0.29) is 16.9 Å². The lowest BCUT2D eigenvalue weighted by Gasteiger charge is -2.14. The van der Waals surface area contributed by atoms with Crippen molar-refractivity contribution in [1.29, 1.82) is 0 Å². The molecule has 8 nitrogen and oxygen atoms in total. The van der Waals surface area contributed by atoms with Crippen LogP contribution >= 0.6 is 0 Å². The van der Waals surface area contributed by atoms with Crippen molar-refractivity contribution < 1.29 is 14.5 Å². The van der Waals surface area contributed by atoms with Crippen LogP contribution in [0.25, 0.3) is 5.69 Å². The lowest BCUT2D eigenvalue weighted by Crippen LogP contribution is -2.19. The second kappa shape index (κ2) is 7.51. The van der Waals surface area contributed by atoms with Crippen LogP contribution in [0, 0.1) is 10.1 Å². The number of rotatable bonds is 4. The van der Waals surface area contributed by atoms with E-state index in [1.165, 1.54) is 24.3 Å². The Balaban J connectivity index is 1.83. The number of carbonyl (C=O) groups excluding carboxylic acids is 1. The van der Waals surface area contributed by atoms with Crippen LogP contribution in [-0.2, 0) is 5.41 Å². The summed E-state index contributed by atoms with van der Waals surface area (Å²) < 4.78 is 6.86. The second-order valence-electron chi connectivity index (χ2n) is 7.18. The minimum atomic E-state index is -0.716. The Morgan fingerprint density at radius 3 is 2.32 bits per heavy atom. The number of benzene rings is 2. The summed E-state index contributed by atoms with van der Waals surface area (Å²) in [4.78, 5) is 22.5. The highest BCUT2D eigenvalue weighted by Crippen LogP contribution is 2.26. The molecule has 1 heterocycles. The molecular weight excluding hydrogens is 360 g/mol. The average molecular weight is 380 g/mol. The maximum absolute atomic E-state index is 12.3. The lowest BCUT2D eigenvalue weighted by atomic mass is 9.92. The van der Waals surface area contributed by atoms with E-state index in [4.69, 9.17) is 4.74 Å². The molecule has 0 aliphatic heterocycles. The Kier molecular flexibility index (Phi) is 5.12. The van der Waals surface area contributed by atoms with Crippen LogP contribution in [-0.4, -0.2) is 20.8 Å². The van der Waals surface area contributed by atoms with Gasteiger partial charge in [-0.25, -0.2) is 9.48 Å². The number of ether oxygens (including phenoxy) is 1. The first-order chi connectivity index (χ1) is 13.2. The highest BCUT2D eigenvalue weighted by molar-refractivity contribution is 5.85. The molecule has 0 bridgehead atoms. The summed E-state index contributed by atoms with van der Waals surface area (Å²) in [6.07, 6.45) is -0.716. The molecule has 1 amide bonds. The number of nitrogens with one attached hydrogen (secondary N) is 1. The maximum atomic E-state index is 12.3. The van der Waals surface area contributed by atoms with Gasteiger partial charge in [-0.15, -0.1) is 0 Å². The average Bonchev–Trinajstić information content (AvgIpc) is 3.07. The van der Waals surface area contributed by atoms with Crippen molar-refractivity contribution in [2.24, 2.45) is 0 Å². The molecule has 0 fully saturated rings. The number of amides is 1. The van der Waals surface area contributed by atoms with E-state index < -0.39 is 11.0 Å². The zero-order valence-corrected chi connectivity index (χ0v) is 15.7. The number of aromatic nitrogens is 2. The number of hydrogen-bond acceptors (Lipinski definition) is 5. The maximum Gasteiger partial charge on any atom is 0.418 e. The fourth-order valence-corrected chi connectivity index (χ4v) is 2.48. The Morgan fingerprint density at radius 2 is 1.75 bits per heavy atom. The summed E-state index contributed by atoms with van der Waals surface area (Å²) in [5.41, 5.74) is 1.31. The molecule has 0 radical (unpaired) electrons. The van der Waals surface area contributed by atoms with Crippen molar-refractivity contribution in [1.82, 2.24) is 9.78 Å². The van der Waals surface area contributed by atoms with Crippen LogP contribution < -0.4 is 10.1 Å². The molecule has 3 rings (SSSR count). The zero-order valence-electron chi connectivity index (χ0n) is 15.7. The van der Waals surface area contributed by atoms with Gasteiger partial charge in [0, 0.05) is 23.6 Å². The van der Waals surface area contributed by atoms with Crippen LogP contribution in [0.1, 0.15) is 26.5 Å². The molecule has 1 aromatic heterocycles. The van der Waals surface area contributed by atoms with Crippen LogP contribution in [0.15, 0.2) is 60.7 Å². The summed E-state index contributed by atoms with van der Waals surface area (Å²) in [6, 6.07) is 16.5. The number of nitro groups is 1. The molecule has 144 valence electrons. The molecule has 0 spiro atoms. The Morgan fingerprint density at radius 1 is 1.11 bits per heavy atom. The van der Waals surface area contributed by atoms with E-state index in [1.54, 1.807) is 10.7 Å². The molecule has 8 heteroatoms. The van der Waals surface area contributed by atoms with Gasteiger partial charge < -0.3 is 4.74 Å². The fourth-order valence-electron chi connectivity index (χ4n) is 2.48. The fraction of sp³-hybridized carbons (Fsp3) is 0.200. The third kappa shape index (κ3) is 4.35. The van der Waals surface area contributed by atoms with Crippen molar-refractivity contribution in [3.63, 3.8) is 0 Å². The van der Waals surface area contributed by atoms with Crippen molar-refractivity contribution >= 4 is 17.6 Å². The van der Waals surface area contributed by atoms with Gasteiger partial charge in [-0.2, -0.15) is 5.10 Å². The molecule has 28 heavy (non-hydrogen) atoms. The first-order valence-electron chi connectivity index (χ1n) is 8.63. The first kappa shape index (κ1) is 19.1. The van der Waals surface area contributed by atoms with E-state index in [9.17, 15) is 14.9 Å². The number of hydrogen-bond donors (Lipinski definition) is 1. The number of nitro benzene ring substituents is 1. The Hall–Kier alpha value is -3.68. The first-order valence-corrected chi connectivity index (χ1v) is 8.63. The number of para-hydroxylation sites is 1. The molecule has 1 N–H and O–H groups in total. The highest BCUT2D eigenvalue weighted by atomic mass is 16.6. The third-order valence-corrected chi connectivity index (χ3v) is 3.97. The third-order valence-electron chi connectivity index (χ3n) is 3.97. The molecule has 0 saturated carbocycles. The van der Waals surface area contributed by atoms with Crippen LogP contribution in [0.4, 0.5) is 16.3 Å². The van der Waals surface area contributed by atoms with Gasteiger partial charge in [0.25, 0.3) is 5.69 Å². The van der Waals surface area contributed by atoms with Gasteiger partial charge in [0.05, 0.1) is 16.3 Å². The molecule has 3 aromatic rings. The molecule has 0 atom stereocenters. The topological polar surface area (TPSA) is 99.3 Å². The molecule has 2 aromatic carbocycles. The smallest absolute Gasteiger partial charge is 0.410 e. The predicted octanol–water partition coefficient (Wildman–Crippen LogP) is 4.69. The minimum absolute atomic E-state index is 0.0790. The van der Waals surface area contributed by atoms with Gasteiger partial charge >= 0.3 is 6.09 Å². The van der Waals surface area contributed by atoms with Gasteiger partial charge in [0.2, 0.25) is 0 Å². The van der Waals surface area contributed by atoms with E-state index in [0.717, 1.165) is 11.4 Å². The number of anilines is 1. The van der Waals surface area contributed by atoms with Crippen LogP contribution in [0.5, 0.6) is 5.75 Å². The summed E-state index contributed by atoms with van der Waals surface area (Å²) in [7, 11) is 0. The Bertz CT molecular complexity index is 989. The van der Waals surface area contributed by atoms with Gasteiger partial charge in [-0.3, -0.25) is 15.4 Å². The largest absolute Gasteiger partial charge is 0.418 e. The Labute approximate surface area is 161 Å². The molecule has 0 unspecified atom stereocenters. The minimum Gasteiger partial charge on any atom is -0.410 e. The van der Waals surface area contributed by atoms with Gasteiger partial charge in [0.1, 0.15) is 11.6 Å². The van der Waals surface area contributed by atoms with Crippen molar-refractivity contribution in [3.05, 3.63) is 76.5 Å². The second-order valence-corrected chi connectivity index (χ2v) is 7.18. The monoisotopic (exact) mass is 380 g/mol. The number of nitrogens with zero attached hydrogens (tertiary/aromatic N) is 3. The summed E-state index contributed by atoms with van der Waals surface area (Å²) in [5, 5.41) is 18.0. The quantitative estimate of drug-likeness (QED) is 0.523. The van der Waals surface area contributed by atoms with E-state index in [1.807, 2.05) is 51.1 Å².